The van der Waals surface area contributed by atoms with Crippen molar-refractivity contribution in [2.75, 3.05) is 6.54 Å². The molecule has 1 aromatic rings. The quantitative estimate of drug-likeness (QED) is 0.240. The van der Waals surface area contributed by atoms with Gasteiger partial charge in [-0.3, -0.25) is 5.69 Å². The van der Waals surface area contributed by atoms with Crippen molar-refractivity contribution < 1.29 is 37.7 Å². The van der Waals surface area contributed by atoms with Crippen molar-refractivity contribution in [3.05, 3.63) is 48.3 Å². The maximum Gasteiger partial charge on any atom is 1.00 e. The summed E-state index contributed by atoms with van der Waals surface area (Å²) in [6.07, 6.45) is 1.76. The van der Waals surface area contributed by atoms with Crippen molar-refractivity contribution in [1.29, 1.82) is 0 Å². The van der Waals surface area contributed by atoms with E-state index in [2.05, 4.69) is 18.0 Å². The third kappa shape index (κ3) is 5.59. The summed E-state index contributed by atoms with van der Waals surface area (Å²) in [7, 11) is 0. The molecule has 0 amide bonds. The summed E-state index contributed by atoms with van der Waals surface area (Å²) in [4.78, 5) is 0. The topological polar surface area (TPSA) is 14.1 Å². The van der Waals surface area contributed by atoms with Crippen LogP contribution in [0.3, 0.4) is 0 Å². The average molecular weight is 145 g/mol. The van der Waals surface area contributed by atoms with Gasteiger partial charge in [0.05, 0.1) is 0 Å². The van der Waals surface area contributed by atoms with Crippen LogP contribution in [0.4, 0.5) is 5.69 Å². The maximum atomic E-state index is 4.15. The van der Waals surface area contributed by atoms with Gasteiger partial charge in [0.2, 0.25) is 0 Å². The predicted molar refractivity (Wildman–Crippen MR) is 43.4 cm³/mol. The fourth-order valence-electron chi connectivity index (χ4n) is 0.645. The molecule has 0 saturated carbocycles. The molecule has 12 heavy (non-hydrogen) atoms. The molecule has 0 aliphatic rings. The molecule has 0 aliphatic heterocycles. The Morgan fingerprint density at radius 2 is 2.17 bits per heavy atom. The Labute approximate surface area is 98.0 Å². The van der Waals surface area contributed by atoms with Crippen molar-refractivity contribution >= 4 is 5.69 Å². The van der Waals surface area contributed by atoms with Crippen LogP contribution in [0.2, 0.25) is 0 Å². The first kappa shape index (κ1) is 14.5. The van der Waals surface area contributed by atoms with Crippen molar-refractivity contribution in [3.8, 4) is 0 Å². The summed E-state index contributed by atoms with van der Waals surface area (Å²) < 4.78 is 0. The summed E-state index contributed by atoms with van der Waals surface area (Å²) in [5, 5.41) is 4.15. The first-order chi connectivity index (χ1) is 4.93. The van der Waals surface area contributed by atoms with Gasteiger partial charge in [0.15, 0.2) is 0 Å². The van der Waals surface area contributed by atoms with Crippen molar-refractivity contribution in [2.45, 2.75) is 0 Å². The van der Waals surface area contributed by atoms with E-state index < -0.39 is 0 Å². The van der Waals surface area contributed by atoms with E-state index in [-0.39, 0.29) is 37.7 Å². The zero-order valence-corrected chi connectivity index (χ0v) is 7.75. The molecule has 1 aromatic carbocycles. The molecule has 0 N–H and O–H groups in total. The molecule has 0 fully saturated rings. The molecule has 0 bridgehead atoms. The molecule has 0 atom stereocenters. The van der Waals surface area contributed by atoms with Crippen LogP contribution >= 0.6 is 0 Å². The Morgan fingerprint density at radius 1 is 1.42 bits per heavy atom. The maximum absolute atomic E-state index is 4.15. The SMILES string of the molecule is C=CC[N-]c1[c-]cccc1.[Li+].[Li+]. The molecular formula is C9H9Li2N. The molecule has 0 unspecified atom stereocenters. The molecule has 0 saturated heterocycles. The minimum atomic E-state index is 0. The van der Waals surface area contributed by atoms with Crippen LogP contribution in [-0.2, 0) is 0 Å². The Morgan fingerprint density at radius 3 is 2.67 bits per heavy atom. The van der Waals surface area contributed by atoms with Crippen LogP contribution < -0.4 is 37.7 Å². The van der Waals surface area contributed by atoms with Crippen molar-refractivity contribution in [3.63, 3.8) is 0 Å². The van der Waals surface area contributed by atoms with E-state index in [9.17, 15) is 0 Å². The van der Waals surface area contributed by atoms with Gasteiger partial charge in [-0.1, -0.05) is 0 Å². The summed E-state index contributed by atoms with van der Waals surface area (Å²) in [6.45, 7) is 4.24. The summed E-state index contributed by atoms with van der Waals surface area (Å²) in [6, 6.07) is 10.6. The van der Waals surface area contributed by atoms with Crippen molar-refractivity contribution in [2.24, 2.45) is 0 Å². The second kappa shape index (κ2) is 9.05. The monoisotopic (exact) mass is 145 g/mol. The van der Waals surface area contributed by atoms with Gasteiger partial charge in [0.25, 0.3) is 0 Å². The Kier molecular flexibility index (Phi) is 10.9. The summed E-state index contributed by atoms with van der Waals surface area (Å²) in [5.74, 6) is 0. The van der Waals surface area contributed by atoms with Gasteiger partial charge >= 0.3 is 37.7 Å². The molecule has 0 aromatic heterocycles. The number of rotatable bonds is 3. The molecule has 52 valence electrons. The second-order valence-electron chi connectivity index (χ2n) is 1.88. The molecule has 1 nitrogen and oxygen atoms in total. The van der Waals surface area contributed by atoms with E-state index in [0.717, 1.165) is 5.69 Å². The van der Waals surface area contributed by atoms with Crippen LogP contribution in [-0.4, -0.2) is 6.54 Å². The van der Waals surface area contributed by atoms with Gasteiger partial charge in [-0.2, -0.15) is 30.3 Å². The van der Waals surface area contributed by atoms with E-state index in [0.29, 0.717) is 6.54 Å². The van der Waals surface area contributed by atoms with Crippen molar-refractivity contribution in [1.82, 2.24) is 0 Å². The van der Waals surface area contributed by atoms with Gasteiger partial charge < -0.3 is 5.32 Å². The van der Waals surface area contributed by atoms with Crippen LogP contribution in [0.25, 0.3) is 5.32 Å². The van der Waals surface area contributed by atoms with Gasteiger partial charge in [-0.05, 0) is 0 Å². The van der Waals surface area contributed by atoms with Gasteiger partial charge in [-0.15, -0.1) is 19.2 Å². The van der Waals surface area contributed by atoms with Gasteiger partial charge in [0.1, 0.15) is 0 Å². The smallest absolute Gasteiger partial charge is 0.702 e. The standard InChI is InChI=1S/C9H9N.2Li/c1-2-8-10-9-6-4-3-5-7-9;;/h2-6H,1,8H2;;/q-2;2*+1. The summed E-state index contributed by atoms with van der Waals surface area (Å²) in [5.41, 5.74) is 0.891. The first-order valence-corrected chi connectivity index (χ1v) is 3.18. The molecule has 0 heterocycles. The first-order valence-electron chi connectivity index (χ1n) is 3.18. The predicted octanol–water partition coefficient (Wildman–Crippen LogP) is -3.31. The Bertz CT molecular complexity index is 199. The van der Waals surface area contributed by atoms with Crippen LogP contribution in [0.5, 0.6) is 0 Å². The van der Waals surface area contributed by atoms with Gasteiger partial charge in [-0.25, -0.2) is 0 Å². The molecule has 1 rings (SSSR count). The fourth-order valence-corrected chi connectivity index (χ4v) is 0.645. The third-order valence-electron chi connectivity index (χ3n) is 1.08. The minimum absolute atomic E-state index is 0. The van der Waals surface area contributed by atoms with E-state index >= 15 is 0 Å². The van der Waals surface area contributed by atoms with Gasteiger partial charge in [0, 0.05) is 0 Å². The molecule has 0 aliphatic carbocycles. The number of nitrogens with zero attached hydrogens (tertiary/aromatic N) is 1. The van der Waals surface area contributed by atoms with Crippen LogP contribution in [0, 0.1) is 6.07 Å². The van der Waals surface area contributed by atoms with E-state index in [1.165, 1.54) is 0 Å². The zero-order valence-electron chi connectivity index (χ0n) is 7.75. The largest absolute Gasteiger partial charge is 1.00 e. The summed E-state index contributed by atoms with van der Waals surface area (Å²) >= 11 is 0. The Balaban J connectivity index is 0. The second-order valence-corrected chi connectivity index (χ2v) is 1.88. The number of benzene rings is 1. The zero-order chi connectivity index (χ0) is 7.23. The number of hydrogen-bond donors (Lipinski definition) is 0. The van der Waals surface area contributed by atoms with Crippen LogP contribution in [0.15, 0.2) is 36.9 Å². The third-order valence-corrected chi connectivity index (χ3v) is 1.08. The molecular weight excluding hydrogens is 136 g/mol. The number of para-hydroxylation sites is 1. The van der Waals surface area contributed by atoms with E-state index in [4.69, 9.17) is 0 Å². The van der Waals surface area contributed by atoms with Crippen LogP contribution in [0.1, 0.15) is 0 Å². The van der Waals surface area contributed by atoms with E-state index in [1.54, 1.807) is 6.08 Å². The Hall–Kier alpha value is -0.0452. The fraction of sp³-hybridized carbons (Fsp3) is 0.111. The molecule has 0 spiro atoms. The minimum Gasteiger partial charge on any atom is -0.702 e. The number of hydrogen-bond acceptors (Lipinski definition) is 0. The average Bonchev–Trinajstić information content (AvgIpc) is 2.03. The molecule has 0 radical (unpaired) electrons. The normalized spacial score (nSPS) is 7.33. The van der Waals surface area contributed by atoms with E-state index in [1.807, 2.05) is 24.3 Å². The molecule has 3 heteroatoms.